The van der Waals surface area contributed by atoms with Crippen LogP contribution in [0.4, 0.5) is 8.78 Å². The maximum atomic E-state index is 14.8. The standard InChI is InChI=1S/C25H25F2N6O2/c1-31-12-15(13-33(31)17-4-5-17)21-9-14(7-8-35-21)24-29-22(18-6-3-16(26)10-20(18)27)19-11-28-32(2)25(34)23(19)30-24/h3,6,10-14,17,21H,4-5,7-9H2,1-2H3/q+1/t14-,21-/m1/s1. The zero-order chi connectivity index (χ0) is 24.3. The molecule has 2 aliphatic rings. The first-order valence-corrected chi connectivity index (χ1v) is 11.8. The van der Waals surface area contributed by atoms with Gasteiger partial charge in [-0.05, 0) is 37.8 Å². The molecule has 10 heteroatoms. The number of nitrogens with zero attached hydrogens (tertiary/aromatic N) is 6. The molecule has 2 atom stereocenters. The highest BCUT2D eigenvalue weighted by molar-refractivity contribution is 5.91. The van der Waals surface area contributed by atoms with E-state index in [4.69, 9.17) is 9.72 Å². The molecule has 1 aliphatic carbocycles. The van der Waals surface area contributed by atoms with Crippen molar-refractivity contribution in [3.05, 3.63) is 70.2 Å². The molecule has 1 saturated carbocycles. The minimum Gasteiger partial charge on any atom is -0.373 e. The lowest BCUT2D eigenvalue weighted by Gasteiger charge is -2.28. The minimum atomic E-state index is -0.754. The fraction of sp³-hybridized carbons (Fsp3) is 0.400. The smallest absolute Gasteiger partial charge is 0.293 e. The fourth-order valence-electron chi connectivity index (χ4n) is 4.88. The Hall–Kier alpha value is -3.53. The molecule has 2 fully saturated rings. The van der Waals surface area contributed by atoms with Crippen LogP contribution in [0.25, 0.3) is 22.2 Å². The highest BCUT2D eigenvalue weighted by Gasteiger charge is 2.34. The van der Waals surface area contributed by atoms with Crippen LogP contribution >= 0.6 is 0 Å². The highest BCUT2D eigenvalue weighted by atomic mass is 19.1. The summed E-state index contributed by atoms with van der Waals surface area (Å²) in [5.41, 5.74) is 1.21. The van der Waals surface area contributed by atoms with E-state index in [9.17, 15) is 13.6 Å². The Morgan fingerprint density at radius 3 is 2.77 bits per heavy atom. The number of fused-ring (bicyclic) bond motifs is 1. The molecule has 4 aromatic rings. The first kappa shape index (κ1) is 22.0. The van der Waals surface area contributed by atoms with Crippen LogP contribution in [0.2, 0.25) is 0 Å². The number of halogens is 2. The van der Waals surface area contributed by atoms with Gasteiger partial charge in [-0.3, -0.25) is 4.79 Å². The van der Waals surface area contributed by atoms with Crippen molar-refractivity contribution >= 4 is 10.9 Å². The monoisotopic (exact) mass is 479 g/mol. The summed E-state index contributed by atoms with van der Waals surface area (Å²) in [4.78, 5) is 22.3. The Bertz CT molecular complexity index is 1510. The van der Waals surface area contributed by atoms with Crippen molar-refractivity contribution in [3.63, 3.8) is 0 Å². The molecule has 1 saturated heterocycles. The van der Waals surface area contributed by atoms with Gasteiger partial charge in [0.1, 0.15) is 23.0 Å². The fourth-order valence-corrected chi connectivity index (χ4v) is 4.88. The summed E-state index contributed by atoms with van der Waals surface area (Å²) in [5.74, 6) is -1.07. The Kier molecular flexibility index (Phi) is 5.21. The Morgan fingerprint density at radius 1 is 1.17 bits per heavy atom. The van der Waals surface area contributed by atoms with Crippen LogP contribution in [0.15, 0.2) is 41.6 Å². The van der Waals surface area contributed by atoms with Gasteiger partial charge in [0.05, 0.1) is 41.2 Å². The number of ether oxygens (including phenoxy) is 1. The normalized spacial score (nSPS) is 20.5. The summed E-state index contributed by atoms with van der Waals surface area (Å²) in [7, 11) is 3.57. The SMILES string of the molecule is Cn1ncc2c(-c3ccc(F)cc3F)nc([C@@H]3CCO[C@@H](c4cn(C5CC5)[n+](C)c4)C3)nc2c1=O. The molecule has 6 rings (SSSR count). The average molecular weight is 480 g/mol. The first-order chi connectivity index (χ1) is 16.9. The molecule has 180 valence electrons. The van der Waals surface area contributed by atoms with Crippen molar-refractivity contribution < 1.29 is 18.2 Å². The third kappa shape index (κ3) is 3.91. The van der Waals surface area contributed by atoms with Crippen LogP contribution in [0.1, 0.15) is 55.1 Å². The Labute approximate surface area is 199 Å². The van der Waals surface area contributed by atoms with E-state index in [1.54, 1.807) is 0 Å². The topological polar surface area (TPSA) is 78.7 Å². The van der Waals surface area contributed by atoms with Gasteiger partial charge in [-0.2, -0.15) is 9.78 Å². The molecule has 0 spiro atoms. The zero-order valence-electron chi connectivity index (χ0n) is 19.5. The third-order valence-electron chi connectivity index (χ3n) is 6.93. The predicted molar refractivity (Wildman–Crippen MR) is 122 cm³/mol. The lowest BCUT2D eigenvalue weighted by molar-refractivity contribution is -0.754. The third-order valence-corrected chi connectivity index (χ3v) is 6.93. The summed E-state index contributed by atoms with van der Waals surface area (Å²) in [6, 6.07) is 3.87. The molecule has 0 unspecified atom stereocenters. The van der Waals surface area contributed by atoms with Crippen molar-refractivity contribution in [2.45, 2.75) is 43.7 Å². The number of hydrogen-bond donors (Lipinski definition) is 0. The summed E-state index contributed by atoms with van der Waals surface area (Å²) in [6.45, 7) is 0.518. The minimum absolute atomic E-state index is 0.0899. The van der Waals surface area contributed by atoms with Gasteiger partial charge < -0.3 is 4.74 Å². The lowest BCUT2D eigenvalue weighted by atomic mass is 9.92. The Balaban J connectivity index is 1.43. The number of aryl methyl sites for hydroxylation is 2. The van der Waals surface area contributed by atoms with E-state index in [0.717, 1.165) is 11.6 Å². The highest BCUT2D eigenvalue weighted by Crippen LogP contribution is 2.39. The molecule has 35 heavy (non-hydrogen) atoms. The van der Waals surface area contributed by atoms with Crippen LogP contribution in [-0.4, -0.2) is 31.0 Å². The van der Waals surface area contributed by atoms with Gasteiger partial charge in [0.2, 0.25) is 6.20 Å². The van der Waals surface area contributed by atoms with E-state index in [1.807, 2.05) is 7.05 Å². The molecule has 0 N–H and O–H groups in total. The van der Waals surface area contributed by atoms with Gasteiger partial charge >= 0.3 is 0 Å². The molecule has 1 aromatic carbocycles. The van der Waals surface area contributed by atoms with E-state index >= 15 is 0 Å². The second-order valence-corrected chi connectivity index (χ2v) is 9.41. The largest absolute Gasteiger partial charge is 0.373 e. The van der Waals surface area contributed by atoms with Crippen LogP contribution < -0.4 is 10.2 Å². The molecule has 0 amide bonds. The zero-order valence-corrected chi connectivity index (χ0v) is 19.5. The molecule has 4 heterocycles. The van der Waals surface area contributed by atoms with Gasteiger partial charge in [-0.1, -0.05) is 0 Å². The van der Waals surface area contributed by atoms with E-state index in [2.05, 4.69) is 31.8 Å². The number of benzene rings is 1. The summed E-state index contributed by atoms with van der Waals surface area (Å²) < 4.78 is 40.0. The van der Waals surface area contributed by atoms with E-state index in [0.29, 0.717) is 36.7 Å². The summed E-state index contributed by atoms with van der Waals surface area (Å²) in [5, 5.41) is 4.40. The van der Waals surface area contributed by atoms with Gasteiger partial charge in [0.15, 0.2) is 7.05 Å². The molecular weight excluding hydrogens is 454 g/mol. The molecular formula is C25H25F2N6O2+. The molecule has 0 radical (unpaired) electrons. The number of rotatable bonds is 4. The van der Waals surface area contributed by atoms with Crippen molar-refractivity contribution in [2.24, 2.45) is 14.1 Å². The van der Waals surface area contributed by atoms with Crippen LogP contribution in [0, 0.1) is 11.6 Å². The van der Waals surface area contributed by atoms with E-state index in [1.165, 1.54) is 42.9 Å². The van der Waals surface area contributed by atoms with Crippen molar-refractivity contribution in [2.75, 3.05) is 6.61 Å². The quantitative estimate of drug-likeness (QED) is 0.420. The maximum absolute atomic E-state index is 14.8. The van der Waals surface area contributed by atoms with Crippen LogP contribution in [0.3, 0.4) is 0 Å². The second kappa shape index (κ2) is 8.30. The van der Waals surface area contributed by atoms with Gasteiger partial charge in [-0.25, -0.2) is 23.4 Å². The van der Waals surface area contributed by atoms with Gasteiger partial charge in [-0.15, -0.1) is 4.68 Å². The number of hydrogen-bond acceptors (Lipinski definition) is 5. The summed E-state index contributed by atoms with van der Waals surface area (Å²) >= 11 is 0. The average Bonchev–Trinajstić information content (AvgIpc) is 3.62. The molecule has 3 aromatic heterocycles. The molecule has 1 aliphatic heterocycles. The van der Waals surface area contributed by atoms with E-state index in [-0.39, 0.29) is 28.8 Å². The molecule has 8 nitrogen and oxygen atoms in total. The van der Waals surface area contributed by atoms with Gasteiger partial charge in [0.25, 0.3) is 5.56 Å². The maximum Gasteiger partial charge on any atom is 0.293 e. The lowest BCUT2D eigenvalue weighted by Crippen LogP contribution is -2.37. The van der Waals surface area contributed by atoms with Crippen LogP contribution in [-0.2, 0) is 18.8 Å². The Morgan fingerprint density at radius 2 is 2.00 bits per heavy atom. The number of aromatic nitrogens is 6. The van der Waals surface area contributed by atoms with Crippen molar-refractivity contribution in [3.8, 4) is 11.3 Å². The van der Waals surface area contributed by atoms with Crippen molar-refractivity contribution in [1.29, 1.82) is 0 Å². The van der Waals surface area contributed by atoms with E-state index < -0.39 is 17.2 Å². The van der Waals surface area contributed by atoms with Crippen molar-refractivity contribution in [1.82, 2.24) is 24.4 Å². The second-order valence-electron chi connectivity index (χ2n) is 9.41. The summed E-state index contributed by atoms with van der Waals surface area (Å²) in [6.07, 6.45) is 9.24. The van der Waals surface area contributed by atoms with Crippen LogP contribution in [0.5, 0.6) is 0 Å². The molecule has 0 bridgehead atoms. The first-order valence-electron chi connectivity index (χ1n) is 11.8. The van der Waals surface area contributed by atoms with Gasteiger partial charge in [0, 0.05) is 31.2 Å². The predicted octanol–water partition coefficient (Wildman–Crippen LogP) is 3.26.